The van der Waals surface area contributed by atoms with Crippen LogP contribution in [0.3, 0.4) is 0 Å². The number of nitrogens with zero attached hydrogens (tertiary/aromatic N) is 1. The van der Waals surface area contributed by atoms with Gasteiger partial charge in [-0.2, -0.15) is 18.4 Å². The van der Waals surface area contributed by atoms with Crippen LogP contribution >= 0.6 is 0 Å². The van der Waals surface area contributed by atoms with E-state index in [1.54, 1.807) is 6.07 Å². The number of hydrogen-bond acceptors (Lipinski definition) is 2. The van der Waals surface area contributed by atoms with Crippen LogP contribution in [0.2, 0.25) is 0 Å². The van der Waals surface area contributed by atoms with Crippen molar-refractivity contribution in [2.45, 2.75) is 12.6 Å². The maximum Gasteiger partial charge on any atom is 0.417 e. The molecule has 0 saturated heterocycles. The van der Waals surface area contributed by atoms with Crippen LogP contribution in [-0.2, 0) is 11.0 Å². The van der Waals surface area contributed by atoms with Gasteiger partial charge in [0.1, 0.15) is 6.42 Å². The van der Waals surface area contributed by atoms with Gasteiger partial charge in [-0.1, -0.05) is 30.3 Å². The molecule has 0 atom stereocenters. The lowest BCUT2D eigenvalue weighted by molar-refractivity contribution is -0.137. The maximum atomic E-state index is 13.0. The fourth-order valence-corrected chi connectivity index (χ4v) is 1.99. The summed E-state index contributed by atoms with van der Waals surface area (Å²) in [6, 6.07) is 13.0. The van der Waals surface area contributed by atoms with Gasteiger partial charge in [0.15, 0.2) is 0 Å². The number of anilines is 1. The third-order valence-electron chi connectivity index (χ3n) is 2.95. The summed E-state index contributed by atoms with van der Waals surface area (Å²) in [5.41, 5.74) is 0.181. The van der Waals surface area contributed by atoms with Crippen molar-refractivity contribution in [1.82, 2.24) is 0 Å². The van der Waals surface area contributed by atoms with Crippen LogP contribution in [0, 0.1) is 11.3 Å². The molecule has 0 aliphatic rings. The van der Waals surface area contributed by atoms with Gasteiger partial charge in [0, 0.05) is 5.69 Å². The van der Waals surface area contributed by atoms with Crippen molar-refractivity contribution in [3.8, 4) is 17.2 Å². The Hall–Kier alpha value is -2.81. The van der Waals surface area contributed by atoms with Crippen molar-refractivity contribution in [1.29, 1.82) is 5.26 Å². The van der Waals surface area contributed by atoms with E-state index in [2.05, 4.69) is 5.32 Å². The molecule has 1 N–H and O–H groups in total. The SMILES string of the molecule is N#CCC(=O)Nc1ccc(-c2ccccc2C(F)(F)F)cc1. The summed E-state index contributed by atoms with van der Waals surface area (Å²) < 4.78 is 38.9. The van der Waals surface area contributed by atoms with Crippen LogP contribution in [0.25, 0.3) is 11.1 Å². The molecule has 0 spiro atoms. The average Bonchev–Trinajstić information content (AvgIpc) is 2.47. The Balaban J connectivity index is 2.29. The second-order valence-corrected chi connectivity index (χ2v) is 4.50. The fourth-order valence-electron chi connectivity index (χ4n) is 1.99. The van der Waals surface area contributed by atoms with E-state index in [1.165, 1.54) is 42.5 Å². The van der Waals surface area contributed by atoms with Crippen molar-refractivity contribution >= 4 is 11.6 Å². The Kier molecular flexibility index (Phi) is 4.47. The zero-order chi connectivity index (χ0) is 16.2. The smallest absolute Gasteiger partial charge is 0.325 e. The van der Waals surface area contributed by atoms with Gasteiger partial charge in [-0.15, -0.1) is 0 Å². The Morgan fingerprint density at radius 1 is 1.09 bits per heavy atom. The van der Waals surface area contributed by atoms with Crippen LogP contribution in [0.1, 0.15) is 12.0 Å². The predicted molar refractivity (Wildman–Crippen MR) is 75.7 cm³/mol. The third-order valence-corrected chi connectivity index (χ3v) is 2.95. The molecule has 22 heavy (non-hydrogen) atoms. The highest BCUT2D eigenvalue weighted by molar-refractivity contribution is 5.92. The first-order valence-corrected chi connectivity index (χ1v) is 6.35. The molecule has 0 aliphatic carbocycles. The number of rotatable bonds is 3. The number of amides is 1. The molecular weight excluding hydrogens is 293 g/mol. The van der Waals surface area contributed by atoms with Crippen LogP contribution in [0.15, 0.2) is 48.5 Å². The minimum Gasteiger partial charge on any atom is -0.325 e. The summed E-state index contributed by atoms with van der Waals surface area (Å²) in [4.78, 5) is 11.3. The van der Waals surface area contributed by atoms with Gasteiger partial charge in [0.25, 0.3) is 0 Å². The Labute approximate surface area is 125 Å². The molecule has 0 aliphatic heterocycles. The molecule has 6 heteroatoms. The number of halogens is 3. The first-order chi connectivity index (χ1) is 10.4. The molecule has 1 amide bonds. The molecule has 2 aromatic rings. The monoisotopic (exact) mass is 304 g/mol. The minimum absolute atomic E-state index is 0.0740. The molecule has 0 unspecified atom stereocenters. The molecule has 0 saturated carbocycles. The van der Waals surface area contributed by atoms with E-state index in [9.17, 15) is 18.0 Å². The van der Waals surface area contributed by atoms with Crippen molar-refractivity contribution in [3.63, 3.8) is 0 Å². The standard InChI is InChI=1S/C16H11F3N2O/c17-16(18,19)14-4-2-1-3-13(14)11-5-7-12(8-6-11)21-15(22)9-10-20/h1-8H,9H2,(H,21,22). The summed E-state index contributed by atoms with van der Waals surface area (Å²) in [6.07, 6.45) is -4.71. The molecular formula is C16H11F3N2O. The van der Waals surface area contributed by atoms with Gasteiger partial charge in [-0.25, -0.2) is 0 Å². The minimum atomic E-state index is -4.43. The predicted octanol–water partition coefficient (Wildman–Crippen LogP) is 4.22. The second kappa shape index (κ2) is 6.31. The summed E-state index contributed by atoms with van der Waals surface area (Å²) in [5, 5.41) is 10.9. The Bertz CT molecular complexity index is 715. The molecule has 0 heterocycles. The van der Waals surface area contributed by atoms with E-state index >= 15 is 0 Å². The topological polar surface area (TPSA) is 52.9 Å². The van der Waals surface area contributed by atoms with Crippen LogP contribution < -0.4 is 5.32 Å². The average molecular weight is 304 g/mol. The Morgan fingerprint density at radius 2 is 1.73 bits per heavy atom. The van der Waals surface area contributed by atoms with E-state index in [1.807, 2.05) is 0 Å². The van der Waals surface area contributed by atoms with Crippen LogP contribution in [0.4, 0.5) is 18.9 Å². The first kappa shape index (κ1) is 15.6. The molecule has 2 aromatic carbocycles. The van der Waals surface area contributed by atoms with Crippen molar-refractivity contribution < 1.29 is 18.0 Å². The number of nitriles is 1. The molecule has 3 nitrogen and oxygen atoms in total. The molecule has 0 radical (unpaired) electrons. The van der Waals surface area contributed by atoms with Gasteiger partial charge in [0.05, 0.1) is 11.6 Å². The van der Waals surface area contributed by atoms with Crippen LogP contribution in [-0.4, -0.2) is 5.91 Å². The number of carbonyl (C=O) groups excluding carboxylic acids is 1. The number of carbonyl (C=O) groups is 1. The number of nitrogens with one attached hydrogen (secondary N) is 1. The number of hydrogen-bond donors (Lipinski definition) is 1. The quantitative estimate of drug-likeness (QED) is 0.922. The third kappa shape index (κ3) is 3.64. The fraction of sp³-hybridized carbons (Fsp3) is 0.125. The largest absolute Gasteiger partial charge is 0.417 e. The molecule has 0 bridgehead atoms. The molecule has 0 aromatic heterocycles. The highest BCUT2D eigenvalue weighted by Crippen LogP contribution is 2.37. The van der Waals surface area contributed by atoms with Crippen molar-refractivity contribution in [2.24, 2.45) is 0 Å². The van der Waals surface area contributed by atoms with E-state index < -0.39 is 17.6 Å². The van der Waals surface area contributed by atoms with Gasteiger partial charge >= 0.3 is 6.18 Å². The van der Waals surface area contributed by atoms with Crippen molar-refractivity contribution in [2.75, 3.05) is 5.32 Å². The van der Waals surface area contributed by atoms with Gasteiger partial charge in [-0.3, -0.25) is 4.79 Å². The van der Waals surface area contributed by atoms with Gasteiger partial charge in [0.2, 0.25) is 5.91 Å². The van der Waals surface area contributed by atoms with E-state index in [0.29, 0.717) is 11.3 Å². The van der Waals surface area contributed by atoms with E-state index in [0.717, 1.165) is 6.07 Å². The molecule has 0 fully saturated rings. The highest BCUT2D eigenvalue weighted by atomic mass is 19.4. The second-order valence-electron chi connectivity index (χ2n) is 4.50. The molecule has 112 valence electrons. The summed E-state index contributed by atoms with van der Waals surface area (Å²) >= 11 is 0. The maximum absolute atomic E-state index is 13.0. The van der Waals surface area contributed by atoms with Gasteiger partial charge < -0.3 is 5.32 Å². The lowest BCUT2D eigenvalue weighted by atomic mass is 9.99. The summed E-state index contributed by atoms with van der Waals surface area (Å²) in [6.45, 7) is 0. The first-order valence-electron chi connectivity index (χ1n) is 6.35. The number of alkyl halides is 3. The zero-order valence-electron chi connectivity index (χ0n) is 11.3. The van der Waals surface area contributed by atoms with Crippen LogP contribution in [0.5, 0.6) is 0 Å². The lowest BCUT2D eigenvalue weighted by Gasteiger charge is -2.13. The normalized spacial score (nSPS) is 10.8. The summed E-state index contributed by atoms with van der Waals surface area (Å²) in [7, 11) is 0. The van der Waals surface area contributed by atoms with E-state index in [-0.39, 0.29) is 12.0 Å². The highest BCUT2D eigenvalue weighted by Gasteiger charge is 2.33. The Morgan fingerprint density at radius 3 is 2.32 bits per heavy atom. The van der Waals surface area contributed by atoms with E-state index in [4.69, 9.17) is 5.26 Å². The van der Waals surface area contributed by atoms with Crippen molar-refractivity contribution in [3.05, 3.63) is 54.1 Å². The molecule has 2 rings (SSSR count). The zero-order valence-corrected chi connectivity index (χ0v) is 11.3. The summed E-state index contributed by atoms with van der Waals surface area (Å²) in [5.74, 6) is -0.467. The lowest BCUT2D eigenvalue weighted by Crippen LogP contribution is -2.10. The van der Waals surface area contributed by atoms with Gasteiger partial charge in [-0.05, 0) is 29.3 Å². The number of benzene rings is 2.